The molecule has 1 aliphatic rings. The first-order valence-electron chi connectivity index (χ1n) is 6.17. The van der Waals surface area contributed by atoms with Crippen molar-refractivity contribution in [2.24, 2.45) is 0 Å². The second-order valence-electron chi connectivity index (χ2n) is 4.50. The van der Waals surface area contributed by atoms with Crippen LogP contribution in [0.15, 0.2) is 18.4 Å². The molecule has 1 fully saturated rings. The number of hydrogen-bond donors (Lipinski definition) is 1. The van der Waals surface area contributed by atoms with E-state index in [1.165, 1.54) is 0 Å². The molecular formula is C10H16BNO2. The van der Waals surface area contributed by atoms with E-state index < -0.39 is 18.3 Å². The maximum absolute atomic E-state index is 7.74. The summed E-state index contributed by atoms with van der Waals surface area (Å²) in [6.45, 7) is 7.64. The molecule has 0 radical (unpaired) electrons. The van der Waals surface area contributed by atoms with Gasteiger partial charge in [0.2, 0.25) is 0 Å². The van der Waals surface area contributed by atoms with Crippen LogP contribution < -0.4 is 5.46 Å². The summed E-state index contributed by atoms with van der Waals surface area (Å²) in [7, 11) is -0.754. The summed E-state index contributed by atoms with van der Waals surface area (Å²) in [5.74, 6) is 0. The maximum Gasteiger partial charge on any atom is 0.496 e. The number of hydrogen-bond acceptors (Lipinski definition) is 2. The quantitative estimate of drug-likeness (QED) is 0.687. The van der Waals surface area contributed by atoms with E-state index >= 15 is 0 Å². The highest BCUT2D eigenvalue weighted by Crippen LogP contribution is 2.36. The third-order valence-electron chi connectivity index (χ3n) is 2.95. The molecule has 2 heterocycles. The van der Waals surface area contributed by atoms with Crippen LogP contribution in [0, 0.1) is 0 Å². The van der Waals surface area contributed by atoms with Gasteiger partial charge in [-0.2, -0.15) is 0 Å². The molecule has 1 saturated heterocycles. The summed E-state index contributed by atoms with van der Waals surface area (Å²) in [6.07, 6.45) is -0.0711. The Morgan fingerprint density at radius 2 is 1.86 bits per heavy atom. The van der Waals surface area contributed by atoms with E-state index in [9.17, 15) is 0 Å². The van der Waals surface area contributed by atoms with E-state index in [1.807, 2.05) is 27.7 Å². The Kier molecular flexibility index (Phi) is 1.37. The second kappa shape index (κ2) is 2.88. The van der Waals surface area contributed by atoms with Crippen LogP contribution in [0.4, 0.5) is 0 Å². The first kappa shape index (κ1) is 6.69. The van der Waals surface area contributed by atoms with Crippen LogP contribution in [0.1, 0.15) is 31.8 Å². The molecule has 1 aliphatic heterocycles. The zero-order chi connectivity index (χ0) is 13.0. The summed E-state index contributed by atoms with van der Waals surface area (Å²) < 4.78 is 34.4. The summed E-state index contributed by atoms with van der Waals surface area (Å²) in [6, 6.07) is -0.0338. The monoisotopic (exact) mass is 196 g/mol. The smallest absolute Gasteiger partial charge is 0.399 e. The van der Waals surface area contributed by atoms with Gasteiger partial charge in [-0.25, -0.2) is 0 Å². The molecule has 1 aromatic heterocycles. The minimum Gasteiger partial charge on any atom is -0.399 e. The number of nitrogens with one attached hydrogen (secondary N) is 1. The van der Waals surface area contributed by atoms with Gasteiger partial charge in [0.15, 0.2) is 0 Å². The van der Waals surface area contributed by atoms with Crippen LogP contribution in [-0.4, -0.2) is 23.3 Å². The average molecular weight is 196 g/mol. The van der Waals surface area contributed by atoms with E-state index in [1.54, 1.807) is 0 Å². The zero-order valence-electron chi connectivity index (χ0n) is 11.9. The Labute approximate surface area is 89.2 Å². The fourth-order valence-corrected chi connectivity index (χ4v) is 1.31. The third-order valence-corrected chi connectivity index (χ3v) is 2.95. The van der Waals surface area contributed by atoms with Crippen LogP contribution in [0.25, 0.3) is 0 Å². The predicted molar refractivity (Wildman–Crippen MR) is 56.5 cm³/mol. The van der Waals surface area contributed by atoms with Crippen molar-refractivity contribution < 1.29 is 13.4 Å². The van der Waals surface area contributed by atoms with Gasteiger partial charge in [-0.15, -0.1) is 0 Å². The van der Waals surface area contributed by atoms with Crippen molar-refractivity contribution in [1.29, 1.82) is 0 Å². The largest absolute Gasteiger partial charge is 0.496 e. The highest BCUT2D eigenvalue weighted by atomic mass is 16.7. The molecule has 0 unspecified atom stereocenters. The summed E-state index contributed by atoms with van der Waals surface area (Å²) in [5.41, 5.74) is -0.708. The van der Waals surface area contributed by atoms with Crippen LogP contribution in [-0.2, 0) is 9.31 Å². The molecule has 76 valence electrons. The molecule has 14 heavy (non-hydrogen) atoms. The lowest BCUT2D eigenvalue weighted by Gasteiger charge is -2.32. The normalized spacial score (nSPS) is 27.1. The summed E-state index contributed by atoms with van der Waals surface area (Å²) in [4.78, 5) is 2.49. The van der Waals surface area contributed by atoms with Gasteiger partial charge < -0.3 is 14.3 Å². The zero-order valence-corrected chi connectivity index (χ0v) is 8.89. The van der Waals surface area contributed by atoms with Gasteiger partial charge in [0.1, 0.15) is 0 Å². The highest BCUT2D eigenvalue weighted by molar-refractivity contribution is 6.62. The first-order chi connectivity index (χ1) is 7.66. The van der Waals surface area contributed by atoms with E-state index in [0.29, 0.717) is 5.46 Å². The lowest BCUT2D eigenvalue weighted by Crippen LogP contribution is -2.41. The molecule has 1 N–H and O–H groups in total. The van der Waals surface area contributed by atoms with Crippen LogP contribution in [0.3, 0.4) is 0 Å². The minimum atomic E-state index is -0.754. The van der Waals surface area contributed by atoms with Crippen molar-refractivity contribution in [3.8, 4) is 0 Å². The van der Waals surface area contributed by atoms with Crippen LogP contribution >= 0.6 is 0 Å². The standard InChI is InChI=1S/C10H16BNO2/c1-9(2)10(3,4)14-11(13-9)8-5-6-12-7-8/h5-7,12H,1-4H3/i5D,6D,7D. The second-order valence-corrected chi connectivity index (χ2v) is 4.50. The maximum atomic E-state index is 7.74. The van der Waals surface area contributed by atoms with Crippen LogP contribution in [0.2, 0.25) is 0 Å². The van der Waals surface area contributed by atoms with Crippen molar-refractivity contribution >= 4 is 12.6 Å². The van der Waals surface area contributed by atoms with Gasteiger partial charge in [0.05, 0.1) is 15.3 Å². The van der Waals surface area contributed by atoms with E-state index in [4.69, 9.17) is 13.4 Å². The SMILES string of the molecule is [2H]c1[nH]c([2H])c(B2OC(C)(C)C(C)(C)O2)c1[2H]. The van der Waals surface area contributed by atoms with E-state index in [2.05, 4.69) is 4.98 Å². The molecule has 0 saturated carbocycles. The molecule has 2 rings (SSSR count). The molecule has 0 aliphatic carbocycles. The van der Waals surface area contributed by atoms with E-state index in [-0.39, 0.29) is 18.4 Å². The number of aromatic nitrogens is 1. The molecular weight excluding hydrogens is 177 g/mol. The topological polar surface area (TPSA) is 34.2 Å². The molecule has 0 bridgehead atoms. The van der Waals surface area contributed by atoms with Gasteiger partial charge in [0.25, 0.3) is 0 Å². The minimum absolute atomic E-state index is 0.0125. The Bertz CT molecular complexity index is 443. The van der Waals surface area contributed by atoms with Crippen molar-refractivity contribution in [1.82, 2.24) is 4.98 Å². The van der Waals surface area contributed by atoms with Gasteiger partial charge in [-0.3, -0.25) is 0 Å². The van der Waals surface area contributed by atoms with Gasteiger partial charge in [-0.05, 0) is 39.2 Å². The molecule has 0 atom stereocenters. The van der Waals surface area contributed by atoms with Crippen molar-refractivity contribution in [2.45, 2.75) is 38.9 Å². The first-order valence-corrected chi connectivity index (χ1v) is 4.67. The lowest BCUT2D eigenvalue weighted by atomic mass is 9.81. The number of H-pyrrole nitrogens is 1. The highest BCUT2D eigenvalue weighted by Gasteiger charge is 2.51. The molecule has 3 nitrogen and oxygen atoms in total. The fraction of sp³-hybridized carbons (Fsp3) is 0.600. The average Bonchev–Trinajstić information content (AvgIpc) is 2.49. The molecule has 0 amide bonds. The summed E-state index contributed by atoms with van der Waals surface area (Å²) >= 11 is 0. The molecule has 0 spiro atoms. The Morgan fingerprint density at radius 1 is 1.29 bits per heavy atom. The Balaban J connectivity index is 2.39. The fourth-order valence-electron chi connectivity index (χ4n) is 1.31. The van der Waals surface area contributed by atoms with E-state index in [0.717, 1.165) is 0 Å². The lowest BCUT2D eigenvalue weighted by molar-refractivity contribution is 0.00578. The Hall–Kier alpha value is -0.735. The number of aromatic amines is 1. The summed E-state index contributed by atoms with van der Waals surface area (Å²) in [5, 5.41) is 0. The van der Waals surface area contributed by atoms with Gasteiger partial charge in [0, 0.05) is 12.3 Å². The van der Waals surface area contributed by atoms with Gasteiger partial charge >= 0.3 is 7.12 Å². The molecule has 0 aromatic carbocycles. The Morgan fingerprint density at radius 3 is 2.29 bits per heavy atom. The van der Waals surface area contributed by atoms with Crippen molar-refractivity contribution in [2.75, 3.05) is 0 Å². The third kappa shape index (κ3) is 1.39. The predicted octanol–water partition coefficient (Wildman–Crippen LogP) is 1.31. The van der Waals surface area contributed by atoms with Crippen molar-refractivity contribution in [3.05, 3.63) is 18.4 Å². The van der Waals surface area contributed by atoms with Crippen LogP contribution in [0.5, 0.6) is 0 Å². The molecule has 1 aromatic rings. The molecule has 4 heteroatoms. The number of rotatable bonds is 1. The van der Waals surface area contributed by atoms with Gasteiger partial charge in [-0.1, -0.05) is 0 Å². The van der Waals surface area contributed by atoms with Crippen molar-refractivity contribution in [3.63, 3.8) is 0 Å².